The van der Waals surface area contributed by atoms with Crippen molar-refractivity contribution in [2.75, 3.05) is 6.61 Å². The average Bonchev–Trinajstić information content (AvgIpc) is 2.12. The molecule has 4 N–H and O–H groups in total. The number of phenolic OH excluding ortho intramolecular Hbond substituents is 1. The third-order valence-corrected chi connectivity index (χ3v) is 2.62. The fraction of sp³-hybridized carbons (Fsp3) is 0.333. The van der Waals surface area contributed by atoms with Gasteiger partial charge in [0.15, 0.2) is 0 Å². The van der Waals surface area contributed by atoms with E-state index in [0.717, 1.165) is 0 Å². The lowest BCUT2D eigenvalue weighted by molar-refractivity contribution is 0.202. The van der Waals surface area contributed by atoms with Crippen molar-refractivity contribution in [2.45, 2.75) is 12.5 Å². The van der Waals surface area contributed by atoms with Gasteiger partial charge in [0.1, 0.15) is 11.6 Å². The van der Waals surface area contributed by atoms with Gasteiger partial charge in [0.2, 0.25) is 0 Å². The highest BCUT2D eigenvalue weighted by atomic mass is 79.9. The molecule has 0 fully saturated rings. The number of aromatic hydroxyl groups is 1. The van der Waals surface area contributed by atoms with E-state index in [1.54, 1.807) is 0 Å². The van der Waals surface area contributed by atoms with E-state index in [4.69, 9.17) is 10.8 Å². The molecule has 1 aromatic rings. The maximum absolute atomic E-state index is 13.3. The standard InChI is InChI=1S/C9H11BrFNO2/c1-9(12,4-13)7-6(11)3-2-5(10)8(7)14/h2-3,13-14H,4,12H2,1H3. The summed E-state index contributed by atoms with van der Waals surface area (Å²) in [6.07, 6.45) is 0. The average molecular weight is 264 g/mol. The Morgan fingerprint density at radius 2 is 2.14 bits per heavy atom. The van der Waals surface area contributed by atoms with Crippen molar-refractivity contribution in [3.8, 4) is 5.75 Å². The molecule has 0 aromatic heterocycles. The monoisotopic (exact) mass is 263 g/mol. The van der Waals surface area contributed by atoms with Gasteiger partial charge < -0.3 is 15.9 Å². The predicted molar refractivity (Wildman–Crippen MR) is 54.4 cm³/mol. The van der Waals surface area contributed by atoms with Crippen LogP contribution in [0.3, 0.4) is 0 Å². The number of rotatable bonds is 2. The lowest BCUT2D eigenvalue weighted by atomic mass is 9.93. The van der Waals surface area contributed by atoms with Crippen molar-refractivity contribution in [1.29, 1.82) is 0 Å². The van der Waals surface area contributed by atoms with Crippen molar-refractivity contribution in [3.05, 3.63) is 28.0 Å². The fourth-order valence-electron chi connectivity index (χ4n) is 1.16. The van der Waals surface area contributed by atoms with Crippen molar-refractivity contribution < 1.29 is 14.6 Å². The Morgan fingerprint density at radius 1 is 1.57 bits per heavy atom. The summed E-state index contributed by atoms with van der Waals surface area (Å²) in [5.74, 6) is -0.909. The van der Waals surface area contributed by atoms with E-state index >= 15 is 0 Å². The molecule has 1 aromatic carbocycles. The van der Waals surface area contributed by atoms with Gasteiger partial charge in [-0.2, -0.15) is 0 Å². The third-order valence-electron chi connectivity index (χ3n) is 1.98. The fourth-order valence-corrected chi connectivity index (χ4v) is 1.49. The zero-order valence-electron chi connectivity index (χ0n) is 7.59. The van der Waals surface area contributed by atoms with Crippen LogP contribution in [0.25, 0.3) is 0 Å². The lowest BCUT2D eigenvalue weighted by Crippen LogP contribution is -2.38. The van der Waals surface area contributed by atoms with Crippen LogP contribution in [0.1, 0.15) is 12.5 Å². The molecule has 0 radical (unpaired) electrons. The van der Waals surface area contributed by atoms with Crippen LogP contribution in [0.2, 0.25) is 0 Å². The van der Waals surface area contributed by atoms with Crippen molar-refractivity contribution in [1.82, 2.24) is 0 Å². The molecular formula is C9H11BrFNO2. The van der Waals surface area contributed by atoms with Crippen molar-refractivity contribution in [3.63, 3.8) is 0 Å². The quantitative estimate of drug-likeness (QED) is 0.757. The van der Waals surface area contributed by atoms with Crippen LogP contribution in [0.15, 0.2) is 16.6 Å². The minimum Gasteiger partial charge on any atom is -0.506 e. The summed E-state index contributed by atoms with van der Waals surface area (Å²) in [5, 5.41) is 18.5. The molecule has 0 aliphatic heterocycles. The lowest BCUT2D eigenvalue weighted by Gasteiger charge is -2.24. The van der Waals surface area contributed by atoms with Crippen LogP contribution in [0.5, 0.6) is 5.75 Å². The molecular weight excluding hydrogens is 253 g/mol. The Kier molecular flexibility index (Phi) is 3.14. The van der Waals surface area contributed by atoms with Crippen LogP contribution in [0, 0.1) is 5.82 Å². The highest BCUT2D eigenvalue weighted by Gasteiger charge is 2.28. The third kappa shape index (κ3) is 1.89. The van der Waals surface area contributed by atoms with E-state index in [-0.39, 0.29) is 11.3 Å². The normalized spacial score (nSPS) is 15.2. The first-order valence-corrected chi connectivity index (χ1v) is 4.76. The molecule has 0 heterocycles. The molecule has 0 saturated carbocycles. The second-order valence-electron chi connectivity index (χ2n) is 3.33. The zero-order chi connectivity index (χ0) is 10.9. The van der Waals surface area contributed by atoms with E-state index in [0.29, 0.717) is 4.47 Å². The van der Waals surface area contributed by atoms with Gasteiger partial charge in [-0.15, -0.1) is 0 Å². The van der Waals surface area contributed by atoms with E-state index in [1.165, 1.54) is 19.1 Å². The molecule has 0 aliphatic rings. The van der Waals surface area contributed by atoms with Gasteiger partial charge in [-0.1, -0.05) is 0 Å². The summed E-state index contributed by atoms with van der Waals surface area (Å²) >= 11 is 3.05. The summed E-state index contributed by atoms with van der Waals surface area (Å²) < 4.78 is 13.7. The molecule has 1 unspecified atom stereocenters. The molecule has 0 saturated heterocycles. The minimum absolute atomic E-state index is 0.0885. The largest absolute Gasteiger partial charge is 0.506 e. The van der Waals surface area contributed by atoms with Gasteiger partial charge in [0.25, 0.3) is 0 Å². The van der Waals surface area contributed by atoms with Crippen LogP contribution < -0.4 is 5.73 Å². The second kappa shape index (κ2) is 3.84. The Labute approximate surface area is 89.5 Å². The molecule has 1 atom stereocenters. The summed E-state index contributed by atoms with van der Waals surface area (Å²) in [7, 11) is 0. The predicted octanol–water partition coefficient (Wildman–Crippen LogP) is 1.46. The summed E-state index contributed by atoms with van der Waals surface area (Å²) in [6.45, 7) is 0.992. The number of halogens is 2. The molecule has 0 aliphatic carbocycles. The maximum Gasteiger partial charge on any atom is 0.137 e. The topological polar surface area (TPSA) is 66.5 Å². The molecule has 3 nitrogen and oxygen atoms in total. The zero-order valence-corrected chi connectivity index (χ0v) is 9.18. The number of phenols is 1. The van der Waals surface area contributed by atoms with Gasteiger partial charge in [0.05, 0.1) is 22.2 Å². The van der Waals surface area contributed by atoms with Crippen LogP contribution in [-0.4, -0.2) is 16.8 Å². The van der Waals surface area contributed by atoms with Gasteiger partial charge >= 0.3 is 0 Å². The number of aliphatic hydroxyl groups excluding tert-OH is 1. The van der Waals surface area contributed by atoms with Crippen LogP contribution >= 0.6 is 15.9 Å². The Hall–Kier alpha value is -0.650. The molecule has 1 rings (SSSR count). The summed E-state index contributed by atoms with van der Waals surface area (Å²) in [5.41, 5.74) is 4.25. The minimum atomic E-state index is -1.29. The number of nitrogens with two attached hydrogens (primary N) is 1. The number of benzene rings is 1. The number of hydrogen-bond donors (Lipinski definition) is 3. The molecule has 0 amide bonds. The molecule has 14 heavy (non-hydrogen) atoms. The van der Waals surface area contributed by atoms with Gasteiger partial charge in [-0.25, -0.2) is 4.39 Å². The van der Waals surface area contributed by atoms with Gasteiger partial charge in [0, 0.05) is 0 Å². The Morgan fingerprint density at radius 3 is 2.64 bits per heavy atom. The summed E-state index contributed by atoms with van der Waals surface area (Å²) in [6, 6.07) is 2.56. The van der Waals surface area contributed by atoms with E-state index in [2.05, 4.69) is 15.9 Å². The highest BCUT2D eigenvalue weighted by Crippen LogP contribution is 2.35. The Bertz CT molecular complexity index is 355. The van der Waals surface area contributed by atoms with E-state index in [1.807, 2.05) is 0 Å². The first-order valence-electron chi connectivity index (χ1n) is 3.97. The first-order chi connectivity index (χ1) is 6.40. The number of aliphatic hydroxyl groups is 1. The van der Waals surface area contributed by atoms with Crippen LogP contribution in [-0.2, 0) is 5.54 Å². The maximum atomic E-state index is 13.3. The number of hydrogen-bond acceptors (Lipinski definition) is 3. The Balaban J connectivity index is 3.40. The summed E-state index contributed by atoms with van der Waals surface area (Å²) in [4.78, 5) is 0. The molecule has 5 heteroatoms. The molecule has 0 spiro atoms. The second-order valence-corrected chi connectivity index (χ2v) is 4.18. The van der Waals surface area contributed by atoms with E-state index < -0.39 is 18.0 Å². The van der Waals surface area contributed by atoms with Gasteiger partial charge in [-0.3, -0.25) is 0 Å². The molecule has 0 bridgehead atoms. The van der Waals surface area contributed by atoms with E-state index in [9.17, 15) is 9.50 Å². The SMILES string of the molecule is CC(N)(CO)c1c(F)ccc(Br)c1O. The smallest absolute Gasteiger partial charge is 0.137 e. The highest BCUT2D eigenvalue weighted by molar-refractivity contribution is 9.10. The first kappa shape index (κ1) is 11.4. The molecule has 78 valence electrons. The van der Waals surface area contributed by atoms with Gasteiger partial charge in [-0.05, 0) is 35.0 Å². The van der Waals surface area contributed by atoms with Crippen LogP contribution in [0.4, 0.5) is 4.39 Å². The van der Waals surface area contributed by atoms with Crippen molar-refractivity contribution in [2.24, 2.45) is 5.73 Å². The van der Waals surface area contributed by atoms with Crippen molar-refractivity contribution >= 4 is 15.9 Å².